The van der Waals surface area contributed by atoms with Crippen LogP contribution in [-0.4, -0.2) is 21.1 Å². The van der Waals surface area contributed by atoms with Gasteiger partial charge in [-0.05, 0) is 38.5 Å². The minimum absolute atomic E-state index is 0.115. The number of hydrogen-bond donors (Lipinski definition) is 1. The molecule has 17 heavy (non-hydrogen) atoms. The lowest BCUT2D eigenvalue weighted by molar-refractivity contribution is 0.134. The number of benzene rings is 1. The second-order valence-electron chi connectivity index (χ2n) is 4.06. The third kappa shape index (κ3) is 4.46. The fraction of sp³-hybridized carbons (Fsp3) is 0.500. The highest BCUT2D eigenvalue weighted by Crippen LogP contribution is 2.12. The normalized spacial score (nSPS) is 12.0. The van der Waals surface area contributed by atoms with E-state index in [0.29, 0.717) is 13.2 Å². The molecule has 4 nitrogen and oxygen atoms in total. The fourth-order valence-electron chi connectivity index (χ4n) is 1.40. The monoisotopic (exact) mass is 257 g/mol. The Labute approximate surface area is 103 Å². The van der Waals surface area contributed by atoms with Gasteiger partial charge in [0.05, 0.1) is 11.5 Å². The van der Waals surface area contributed by atoms with Gasteiger partial charge < -0.3 is 4.74 Å². The van der Waals surface area contributed by atoms with Crippen molar-refractivity contribution in [1.29, 1.82) is 0 Å². The third-order valence-electron chi connectivity index (χ3n) is 2.07. The lowest BCUT2D eigenvalue weighted by Crippen LogP contribution is -2.30. The highest BCUT2D eigenvalue weighted by molar-refractivity contribution is 7.89. The molecule has 0 bridgehead atoms. The van der Waals surface area contributed by atoms with Gasteiger partial charge in [0.25, 0.3) is 0 Å². The summed E-state index contributed by atoms with van der Waals surface area (Å²) < 4.78 is 31.6. The van der Waals surface area contributed by atoms with Gasteiger partial charge in [0.1, 0.15) is 0 Å². The van der Waals surface area contributed by atoms with Crippen molar-refractivity contribution in [3.05, 3.63) is 29.8 Å². The van der Waals surface area contributed by atoms with Crippen LogP contribution in [0.1, 0.15) is 26.3 Å². The Hall–Kier alpha value is -0.910. The van der Waals surface area contributed by atoms with E-state index in [1.807, 2.05) is 13.0 Å². The molecular weight excluding hydrogens is 238 g/mol. The van der Waals surface area contributed by atoms with Crippen molar-refractivity contribution in [1.82, 2.24) is 4.72 Å². The van der Waals surface area contributed by atoms with Crippen LogP contribution in [0, 0.1) is 0 Å². The first kappa shape index (κ1) is 14.2. The van der Waals surface area contributed by atoms with Gasteiger partial charge in [0.2, 0.25) is 10.0 Å². The Kier molecular flexibility index (Phi) is 5.11. The molecule has 0 aromatic heterocycles. The topological polar surface area (TPSA) is 55.4 Å². The maximum absolute atomic E-state index is 11.9. The lowest BCUT2D eigenvalue weighted by atomic mass is 10.2. The molecule has 0 fully saturated rings. The van der Waals surface area contributed by atoms with E-state index < -0.39 is 10.0 Å². The average molecular weight is 257 g/mol. The molecule has 0 heterocycles. The van der Waals surface area contributed by atoms with Gasteiger partial charge in [-0.15, -0.1) is 0 Å². The Morgan fingerprint density at radius 2 is 2.06 bits per heavy atom. The minimum atomic E-state index is -3.41. The molecule has 5 heteroatoms. The number of nitrogens with one attached hydrogen (secondary N) is 1. The zero-order valence-electron chi connectivity index (χ0n) is 10.4. The number of rotatable bonds is 6. The van der Waals surface area contributed by atoms with E-state index in [2.05, 4.69) is 4.72 Å². The van der Waals surface area contributed by atoms with Crippen LogP contribution >= 0.6 is 0 Å². The molecule has 0 unspecified atom stereocenters. The van der Waals surface area contributed by atoms with Crippen molar-refractivity contribution >= 4 is 10.0 Å². The van der Waals surface area contributed by atoms with Crippen LogP contribution in [-0.2, 0) is 21.4 Å². The predicted octanol–water partition coefficient (Wildman–Crippen LogP) is 1.91. The van der Waals surface area contributed by atoms with E-state index in [1.165, 1.54) is 0 Å². The summed E-state index contributed by atoms with van der Waals surface area (Å²) in [5.74, 6) is 0. The van der Waals surface area contributed by atoms with Crippen LogP contribution in [0.2, 0.25) is 0 Å². The molecule has 0 radical (unpaired) electrons. The van der Waals surface area contributed by atoms with Crippen LogP contribution < -0.4 is 4.72 Å². The number of sulfonamides is 1. The lowest BCUT2D eigenvalue weighted by Gasteiger charge is -2.10. The first-order chi connectivity index (χ1) is 7.95. The molecular formula is C12H19NO3S. The van der Waals surface area contributed by atoms with Crippen LogP contribution in [0.3, 0.4) is 0 Å². The standard InChI is InChI=1S/C12H19NO3S/c1-4-16-9-11-6-5-7-12(8-11)17(14,15)13-10(2)3/h5-8,10,13H,4,9H2,1-3H3. The second-order valence-corrected chi connectivity index (χ2v) is 5.77. The van der Waals surface area contributed by atoms with Gasteiger partial charge in [-0.2, -0.15) is 0 Å². The molecule has 1 aromatic carbocycles. The molecule has 0 aliphatic heterocycles. The molecule has 0 saturated heterocycles. The van der Waals surface area contributed by atoms with Crippen LogP contribution in [0.5, 0.6) is 0 Å². The molecule has 0 amide bonds. The quantitative estimate of drug-likeness (QED) is 0.847. The van der Waals surface area contributed by atoms with Gasteiger partial charge in [0, 0.05) is 12.6 Å². The summed E-state index contributed by atoms with van der Waals surface area (Å²) in [6.07, 6.45) is 0. The van der Waals surface area contributed by atoms with E-state index in [0.717, 1.165) is 5.56 Å². The van der Waals surface area contributed by atoms with E-state index in [4.69, 9.17) is 4.74 Å². The van der Waals surface area contributed by atoms with Crippen molar-refractivity contribution in [2.45, 2.75) is 38.3 Å². The van der Waals surface area contributed by atoms with Gasteiger partial charge in [-0.3, -0.25) is 0 Å². The molecule has 0 aliphatic carbocycles. The Balaban J connectivity index is 2.91. The molecule has 0 atom stereocenters. The maximum Gasteiger partial charge on any atom is 0.240 e. The summed E-state index contributed by atoms with van der Waals surface area (Å²) in [6.45, 7) is 6.53. The first-order valence-corrected chi connectivity index (χ1v) is 7.13. The Morgan fingerprint density at radius 1 is 1.35 bits per heavy atom. The van der Waals surface area contributed by atoms with Crippen molar-refractivity contribution < 1.29 is 13.2 Å². The molecule has 96 valence electrons. The Bertz CT molecular complexity index is 455. The molecule has 1 rings (SSSR count). The summed E-state index contributed by atoms with van der Waals surface area (Å²) in [6, 6.07) is 6.68. The molecule has 1 N–H and O–H groups in total. The van der Waals surface area contributed by atoms with E-state index in [-0.39, 0.29) is 10.9 Å². The number of ether oxygens (including phenoxy) is 1. The summed E-state index contributed by atoms with van der Waals surface area (Å²) in [5.41, 5.74) is 0.860. The van der Waals surface area contributed by atoms with Gasteiger partial charge in [-0.1, -0.05) is 12.1 Å². The summed E-state index contributed by atoms with van der Waals surface area (Å²) in [7, 11) is -3.41. The highest BCUT2D eigenvalue weighted by Gasteiger charge is 2.15. The SMILES string of the molecule is CCOCc1cccc(S(=O)(=O)NC(C)C)c1. The maximum atomic E-state index is 11.9. The van der Waals surface area contributed by atoms with Crippen molar-refractivity contribution in [3.63, 3.8) is 0 Å². The minimum Gasteiger partial charge on any atom is -0.377 e. The average Bonchev–Trinajstić information content (AvgIpc) is 2.25. The van der Waals surface area contributed by atoms with E-state index >= 15 is 0 Å². The summed E-state index contributed by atoms with van der Waals surface area (Å²) in [5, 5.41) is 0. The van der Waals surface area contributed by atoms with Gasteiger partial charge in [0.15, 0.2) is 0 Å². The van der Waals surface area contributed by atoms with E-state index in [1.54, 1.807) is 32.0 Å². The summed E-state index contributed by atoms with van der Waals surface area (Å²) >= 11 is 0. The zero-order chi connectivity index (χ0) is 12.9. The second kappa shape index (κ2) is 6.14. The fourth-order valence-corrected chi connectivity index (χ4v) is 2.72. The van der Waals surface area contributed by atoms with Crippen molar-refractivity contribution in [3.8, 4) is 0 Å². The predicted molar refractivity (Wildman–Crippen MR) is 67.2 cm³/mol. The molecule has 0 saturated carbocycles. The van der Waals surface area contributed by atoms with Crippen molar-refractivity contribution in [2.75, 3.05) is 6.61 Å². The van der Waals surface area contributed by atoms with E-state index in [9.17, 15) is 8.42 Å². The molecule has 1 aromatic rings. The Morgan fingerprint density at radius 3 is 2.65 bits per heavy atom. The highest BCUT2D eigenvalue weighted by atomic mass is 32.2. The molecule has 0 spiro atoms. The smallest absolute Gasteiger partial charge is 0.240 e. The van der Waals surface area contributed by atoms with Crippen molar-refractivity contribution in [2.24, 2.45) is 0 Å². The summed E-state index contributed by atoms with van der Waals surface area (Å²) in [4.78, 5) is 0.281. The number of hydrogen-bond acceptors (Lipinski definition) is 3. The van der Waals surface area contributed by atoms with Crippen LogP contribution in [0.15, 0.2) is 29.2 Å². The molecule has 0 aliphatic rings. The zero-order valence-corrected chi connectivity index (χ0v) is 11.3. The van der Waals surface area contributed by atoms with Gasteiger partial charge >= 0.3 is 0 Å². The largest absolute Gasteiger partial charge is 0.377 e. The third-order valence-corrected chi connectivity index (χ3v) is 3.73. The van der Waals surface area contributed by atoms with Crippen LogP contribution in [0.25, 0.3) is 0 Å². The van der Waals surface area contributed by atoms with Crippen LogP contribution in [0.4, 0.5) is 0 Å². The first-order valence-electron chi connectivity index (χ1n) is 5.64. The van der Waals surface area contributed by atoms with Gasteiger partial charge in [-0.25, -0.2) is 13.1 Å².